The molecule has 1 amide bonds. The van der Waals surface area contributed by atoms with Gasteiger partial charge in [-0.1, -0.05) is 365 Å². The first-order chi connectivity index (χ1) is 39.5. The monoisotopic (exact) mass is 1120 g/mol. The van der Waals surface area contributed by atoms with Crippen LogP contribution in [0.4, 0.5) is 0 Å². The number of nitrogens with one attached hydrogen (secondary N) is 1. The Hall–Kier alpha value is -1.92. The highest BCUT2D eigenvalue weighted by Gasteiger charge is 2.18. The number of aliphatic hydroxyl groups is 2. The Kier molecular flexibility index (Phi) is 67.9. The summed E-state index contributed by atoms with van der Waals surface area (Å²) in [6.45, 7) is 4.87. The highest BCUT2D eigenvalue weighted by atomic mass is 16.5. The van der Waals surface area contributed by atoms with Crippen molar-refractivity contribution in [1.82, 2.24) is 5.32 Å². The van der Waals surface area contributed by atoms with Gasteiger partial charge in [0.25, 0.3) is 0 Å². The van der Waals surface area contributed by atoms with E-state index in [-0.39, 0.29) is 18.5 Å². The lowest BCUT2D eigenvalue weighted by molar-refractivity contribution is -0.143. The first-order valence-electron chi connectivity index (χ1n) is 36.3. The third-order valence-corrected chi connectivity index (χ3v) is 16.9. The van der Waals surface area contributed by atoms with Crippen molar-refractivity contribution in [3.05, 3.63) is 36.5 Å². The van der Waals surface area contributed by atoms with E-state index in [2.05, 4.69) is 43.5 Å². The summed E-state index contributed by atoms with van der Waals surface area (Å²) in [6, 6.07) is -0.625. The number of unbranched alkanes of at least 4 members (excludes halogenated alkanes) is 53. The lowest BCUT2D eigenvalue weighted by Gasteiger charge is -2.20. The largest absolute Gasteiger partial charge is 0.466 e. The number of carbonyl (C=O) groups is 2. The average molecular weight is 1120 g/mol. The molecule has 3 N–H and O–H groups in total. The lowest BCUT2D eigenvalue weighted by Crippen LogP contribution is -2.45. The van der Waals surface area contributed by atoms with Crippen molar-refractivity contribution in [2.45, 2.75) is 411 Å². The number of hydrogen-bond acceptors (Lipinski definition) is 5. The fraction of sp³-hybridized carbons (Fsp3) is 0.892. The summed E-state index contributed by atoms with van der Waals surface area (Å²) in [7, 11) is 0. The van der Waals surface area contributed by atoms with E-state index >= 15 is 0 Å². The number of carbonyl (C=O) groups excluding carboxylic acids is 2. The molecule has 0 aromatic rings. The fourth-order valence-corrected chi connectivity index (χ4v) is 11.4. The molecule has 0 saturated heterocycles. The Morgan fingerprint density at radius 2 is 0.650 bits per heavy atom. The highest BCUT2D eigenvalue weighted by Crippen LogP contribution is 2.19. The van der Waals surface area contributed by atoms with Crippen LogP contribution in [-0.2, 0) is 14.3 Å². The van der Waals surface area contributed by atoms with E-state index in [1.165, 1.54) is 321 Å². The van der Waals surface area contributed by atoms with Gasteiger partial charge >= 0.3 is 5.97 Å². The van der Waals surface area contributed by atoms with E-state index in [0.29, 0.717) is 19.4 Å². The molecule has 0 fully saturated rings. The number of ether oxygens (including phenoxy) is 1. The van der Waals surface area contributed by atoms with Crippen molar-refractivity contribution in [2.24, 2.45) is 0 Å². The van der Waals surface area contributed by atoms with Gasteiger partial charge in [-0.25, -0.2) is 0 Å². The minimum absolute atomic E-state index is 0.00532. The van der Waals surface area contributed by atoms with Crippen LogP contribution in [-0.4, -0.2) is 47.4 Å². The lowest BCUT2D eigenvalue weighted by atomic mass is 10.0. The molecule has 0 aliphatic carbocycles. The van der Waals surface area contributed by atoms with Gasteiger partial charge in [-0.2, -0.15) is 0 Å². The Morgan fingerprint density at radius 1 is 0.350 bits per heavy atom. The molecule has 0 radical (unpaired) electrons. The van der Waals surface area contributed by atoms with Crippen LogP contribution in [0.5, 0.6) is 0 Å². The number of aliphatic hydroxyl groups excluding tert-OH is 2. The SMILES string of the molecule is CCC/C=C\C/C=C\CCCCCCCC(=O)OCCCCCCCCCCCCCCCCCCCCCCCCCCCCCCCCCC(=O)NC(CO)C(O)/C=C/CCCCCCCCCCCCCCCCCCC. The number of hydrogen-bond donors (Lipinski definition) is 3. The maximum absolute atomic E-state index is 12.5. The fourth-order valence-electron chi connectivity index (χ4n) is 11.4. The third-order valence-electron chi connectivity index (χ3n) is 16.9. The highest BCUT2D eigenvalue weighted by molar-refractivity contribution is 5.76. The Balaban J connectivity index is 3.35. The number of allylic oxidation sites excluding steroid dienone is 5. The van der Waals surface area contributed by atoms with Crippen molar-refractivity contribution in [3.8, 4) is 0 Å². The predicted molar refractivity (Wildman–Crippen MR) is 352 cm³/mol. The average Bonchev–Trinajstić information content (AvgIpc) is 3.46. The van der Waals surface area contributed by atoms with E-state index in [1.807, 2.05) is 6.08 Å². The van der Waals surface area contributed by atoms with Crippen LogP contribution in [0.3, 0.4) is 0 Å². The standard InChI is InChI=1S/C74H141NO5/c1-3-5-7-9-11-13-15-17-18-19-33-36-39-43-46-50-54-58-62-66-72(77)71(70-76)75-73(78)67-63-59-55-51-47-44-40-37-34-31-29-27-25-23-21-20-22-24-26-28-30-32-35-38-41-45-49-53-57-61-65-69-80-74(79)68-64-60-56-52-48-42-16-14-12-10-8-6-4-2/h8,10,14,16,62,66,71-72,76-77H,3-7,9,11-13,15,17-61,63-65,67-70H2,1-2H3,(H,75,78)/b10-8-,16-14-,66-62+. The molecule has 0 aromatic heterocycles. The molecule has 80 heavy (non-hydrogen) atoms. The van der Waals surface area contributed by atoms with E-state index in [0.717, 1.165) is 51.4 Å². The molecule has 2 atom stereocenters. The van der Waals surface area contributed by atoms with Gasteiger partial charge in [-0.15, -0.1) is 0 Å². The van der Waals surface area contributed by atoms with Crippen molar-refractivity contribution in [1.29, 1.82) is 0 Å². The predicted octanol–water partition coefficient (Wildman–Crippen LogP) is 23.5. The first kappa shape index (κ1) is 78.1. The van der Waals surface area contributed by atoms with Crippen LogP contribution >= 0.6 is 0 Å². The van der Waals surface area contributed by atoms with Crippen LogP contribution in [0, 0.1) is 0 Å². The second kappa shape index (κ2) is 69.6. The van der Waals surface area contributed by atoms with Crippen molar-refractivity contribution in [3.63, 3.8) is 0 Å². The van der Waals surface area contributed by atoms with Gasteiger partial charge in [0.2, 0.25) is 5.91 Å². The first-order valence-corrected chi connectivity index (χ1v) is 36.3. The summed E-state index contributed by atoms with van der Waals surface area (Å²) < 4.78 is 5.48. The van der Waals surface area contributed by atoms with Gasteiger partial charge in [0.05, 0.1) is 25.4 Å². The number of amides is 1. The molecule has 2 unspecified atom stereocenters. The summed E-state index contributed by atoms with van der Waals surface area (Å²) >= 11 is 0. The van der Waals surface area contributed by atoms with Gasteiger partial charge in [0, 0.05) is 12.8 Å². The second-order valence-corrected chi connectivity index (χ2v) is 24.9. The van der Waals surface area contributed by atoms with Gasteiger partial charge < -0.3 is 20.3 Å². The van der Waals surface area contributed by atoms with Crippen LogP contribution in [0.25, 0.3) is 0 Å². The molecule has 472 valence electrons. The zero-order valence-corrected chi connectivity index (χ0v) is 54.1. The smallest absolute Gasteiger partial charge is 0.305 e. The summed E-state index contributed by atoms with van der Waals surface area (Å²) in [4.78, 5) is 24.6. The molecule has 6 heteroatoms. The molecule has 0 rings (SSSR count). The number of rotatable bonds is 68. The van der Waals surface area contributed by atoms with Crippen LogP contribution in [0.15, 0.2) is 36.5 Å². The molecule has 0 bridgehead atoms. The Labute approximate surface area is 500 Å². The van der Waals surface area contributed by atoms with Crippen LogP contribution < -0.4 is 5.32 Å². The van der Waals surface area contributed by atoms with E-state index in [1.54, 1.807) is 6.08 Å². The molecule has 0 heterocycles. The minimum Gasteiger partial charge on any atom is -0.466 e. The van der Waals surface area contributed by atoms with Crippen molar-refractivity contribution in [2.75, 3.05) is 13.2 Å². The summed E-state index contributed by atoms with van der Waals surface area (Å²) in [6.07, 6.45) is 89.5. The quantitative estimate of drug-likeness (QED) is 0.0320. The molecular formula is C74H141NO5. The van der Waals surface area contributed by atoms with E-state index in [4.69, 9.17) is 4.74 Å². The van der Waals surface area contributed by atoms with Gasteiger partial charge in [0.15, 0.2) is 0 Å². The summed E-state index contributed by atoms with van der Waals surface area (Å²) in [5.74, 6) is -0.0549. The Bertz CT molecular complexity index is 1300. The molecule has 0 saturated carbocycles. The zero-order valence-electron chi connectivity index (χ0n) is 54.1. The van der Waals surface area contributed by atoms with Gasteiger partial charge in [0.1, 0.15) is 0 Å². The molecule has 0 aliphatic rings. The van der Waals surface area contributed by atoms with E-state index in [9.17, 15) is 19.8 Å². The summed E-state index contributed by atoms with van der Waals surface area (Å²) in [5, 5.41) is 23.2. The van der Waals surface area contributed by atoms with Gasteiger partial charge in [-0.05, 0) is 57.8 Å². The maximum atomic E-state index is 12.5. The Morgan fingerprint density at radius 3 is 1.00 bits per heavy atom. The van der Waals surface area contributed by atoms with Crippen LogP contribution in [0.1, 0.15) is 399 Å². The molecule has 0 aliphatic heterocycles. The molecule has 6 nitrogen and oxygen atoms in total. The molecule has 0 aromatic carbocycles. The summed E-state index contributed by atoms with van der Waals surface area (Å²) in [5.41, 5.74) is 0. The maximum Gasteiger partial charge on any atom is 0.305 e. The van der Waals surface area contributed by atoms with Gasteiger partial charge in [-0.3, -0.25) is 9.59 Å². The van der Waals surface area contributed by atoms with Crippen LogP contribution in [0.2, 0.25) is 0 Å². The minimum atomic E-state index is -0.842. The molecule has 0 spiro atoms. The topological polar surface area (TPSA) is 95.9 Å². The molecular weight excluding hydrogens is 983 g/mol. The van der Waals surface area contributed by atoms with Crippen molar-refractivity contribution < 1.29 is 24.5 Å². The second-order valence-electron chi connectivity index (χ2n) is 24.9. The third kappa shape index (κ3) is 65.2. The van der Waals surface area contributed by atoms with Crippen molar-refractivity contribution >= 4 is 11.9 Å². The normalized spacial score (nSPS) is 12.7. The zero-order chi connectivity index (χ0) is 57.8. The van der Waals surface area contributed by atoms with E-state index < -0.39 is 12.1 Å². The number of esters is 1.